The van der Waals surface area contributed by atoms with Gasteiger partial charge in [0, 0.05) is 31.0 Å². The molecular weight excluding hydrogens is 222 g/mol. The van der Waals surface area contributed by atoms with Gasteiger partial charge in [-0.15, -0.1) is 0 Å². The molecule has 3 heteroatoms. The van der Waals surface area contributed by atoms with Gasteiger partial charge >= 0.3 is 0 Å². The number of nitrogens with zero attached hydrogens (tertiary/aromatic N) is 2. The zero-order chi connectivity index (χ0) is 12.8. The van der Waals surface area contributed by atoms with Gasteiger partial charge in [-0.1, -0.05) is 6.92 Å². The van der Waals surface area contributed by atoms with E-state index in [9.17, 15) is 0 Å². The summed E-state index contributed by atoms with van der Waals surface area (Å²) in [5.41, 5.74) is 2.49. The molecule has 2 heterocycles. The zero-order valence-corrected chi connectivity index (χ0v) is 11.7. The van der Waals surface area contributed by atoms with Crippen molar-refractivity contribution < 1.29 is 0 Å². The molecule has 0 saturated carbocycles. The van der Waals surface area contributed by atoms with Crippen molar-refractivity contribution in [1.82, 2.24) is 10.3 Å². The molecule has 1 aliphatic rings. The fraction of sp³-hybridized carbons (Fsp3) is 0.667. The molecule has 1 atom stereocenters. The van der Waals surface area contributed by atoms with Gasteiger partial charge in [0.2, 0.25) is 0 Å². The Morgan fingerprint density at radius 2 is 2.33 bits per heavy atom. The minimum atomic E-state index is 0.664. The van der Waals surface area contributed by atoms with E-state index in [1.807, 2.05) is 6.20 Å². The lowest BCUT2D eigenvalue weighted by Crippen LogP contribution is -2.37. The van der Waals surface area contributed by atoms with Crippen molar-refractivity contribution in [2.24, 2.45) is 0 Å². The topological polar surface area (TPSA) is 28.2 Å². The van der Waals surface area contributed by atoms with Crippen LogP contribution in [0.1, 0.15) is 45.2 Å². The van der Waals surface area contributed by atoms with E-state index in [1.54, 1.807) is 0 Å². The standard InChI is InChI=1S/C15H25N3/c1-3-8-16-12-14-11-15(7-9-17-14)18-10-5-4-6-13(18)2/h7,9,11,13,16H,3-6,8,10,12H2,1-2H3. The van der Waals surface area contributed by atoms with Gasteiger partial charge in [0.05, 0.1) is 5.69 Å². The second-order valence-electron chi connectivity index (χ2n) is 5.22. The summed E-state index contributed by atoms with van der Waals surface area (Å²) in [5, 5.41) is 3.41. The van der Waals surface area contributed by atoms with Crippen LogP contribution in [0, 0.1) is 0 Å². The van der Waals surface area contributed by atoms with Crippen LogP contribution >= 0.6 is 0 Å². The third-order valence-electron chi connectivity index (χ3n) is 3.67. The number of aromatic nitrogens is 1. The fourth-order valence-electron chi connectivity index (χ4n) is 2.62. The van der Waals surface area contributed by atoms with Crippen LogP contribution in [0.15, 0.2) is 18.3 Å². The molecule has 18 heavy (non-hydrogen) atoms. The summed E-state index contributed by atoms with van der Waals surface area (Å²) < 4.78 is 0. The maximum Gasteiger partial charge on any atom is 0.0562 e. The Morgan fingerprint density at radius 3 is 3.11 bits per heavy atom. The third-order valence-corrected chi connectivity index (χ3v) is 3.67. The van der Waals surface area contributed by atoms with Crippen molar-refractivity contribution in [3.63, 3.8) is 0 Å². The van der Waals surface area contributed by atoms with Crippen molar-refractivity contribution in [3.05, 3.63) is 24.0 Å². The molecule has 1 aromatic rings. The van der Waals surface area contributed by atoms with E-state index < -0.39 is 0 Å². The van der Waals surface area contributed by atoms with Crippen molar-refractivity contribution in [2.75, 3.05) is 18.0 Å². The van der Waals surface area contributed by atoms with Gasteiger partial charge in [-0.3, -0.25) is 4.98 Å². The first-order chi connectivity index (χ1) is 8.81. The van der Waals surface area contributed by atoms with Gasteiger partial charge in [0.15, 0.2) is 0 Å². The zero-order valence-electron chi connectivity index (χ0n) is 11.7. The molecule has 0 amide bonds. The largest absolute Gasteiger partial charge is 0.369 e. The number of nitrogens with one attached hydrogen (secondary N) is 1. The highest BCUT2D eigenvalue weighted by molar-refractivity contribution is 5.47. The Labute approximate surface area is 111 Å². The van der Waals surface area contributed by atoms with Crippen LogP contribution in [0.2, 0.25) is 0 Å². The molecule has 0 radical (unpaired) electrons. The van der Waals surface area contributed by atoms with E-state index >= 15 is 0 Å². The lowest BCUT2D eigenvalue weighted by Gasteiger charge is -2.35. The summed E-state index contributed by atoms with van der Waals surface area (Å²) in [4.78, 5) is 6.96. The van der Waals surface area contributed by atoms with Gasteiger partial charge in [-0.05, 0) is 51.3 Å². The smallest absolute Gasteiger partial charge is 0.0562 e. The van der Waals surface area contributed by atoms with Gasteiger partial charge in [-0.25, -0.2) is 0 Å². The molecule has 1 unspecified atom stereocenters. The molecule has 1 aromatic heterocycles. The van der Waals surface area contributed by atoms with Crippen molar-refractivity contribution in [2.45, 2.75) is 52.1 Å². The molecule has 3 nitrogen and oxygen atoms in total. The molecule has 1 saturated heterocycles. The number of anilines is 1. The van der Waals surface area contributed by atoms with Crippen LogP contribution in [-0.4, -0.2) is 24.1 Å². The third kappa shape index (κ3) is 3.45. The van der Waals surface area contributed by atoms with Crippen LogP contribution < -0.4 is 10.2 Å². The minimum Gasteiger partial charge on any atom is -0.369 e. The molecule has 0 spiro atoms. The second-order valence-corrected chi connectivity index (χ2v) is 5.22. The van der Waals surface area contributed by atoms with Crippen LogP contribution in [0.25, 0.3) is 0 Å². The molecule has 0 aliphatic carbocycles. The molecule has 1 N–H and O–H groups in total. The average Bonchev–Trinajstić information content (AvgIpc) is 2.40. The first-order valence-electron chi connectivity index (χ1n) is 7.23. The summed E-state index contributed by atoms with van der Waals surface area (Å²) in [6.07, 6.45) is 7.11. The van der Waals surface area contributed by atoms with E-state index in [1.165, 1.54) is 37.9 Å². The second kappa shape index (κ2) is 6.74. The van der Waals surface area contributed by atoms with Crippen molar-refractivity contribution in [3.8, 4) is 0 Å². The number of pyridine rings is 1. The highest BCUT2D eigenvalue weighted by Gasteiger charge is 2.18. The SMILES string of the molecule is CCCNCc1cc(N2CCCCC2C)ccn1. The first kappa shape index (κ1) is 13.3. The van der Waals surface area contributed by atoms with E-state index in [-0.39, 0.29) is 0 Å². The lowest BCUT2D eigenvalue weighted by molar-refractivity contribution is 0.484. The maximum atomic E-state index is 4.44. The number of piperidine rings is 1. The van der Waals surface area contributed by atoms with E-state index in [0.717, 1.165) is 18.8 Å². The minimum absolute atomic E-state index is 0.664. The predicted molar refractivity (Wildman–Crippen MR) is 76.9 cm³/mol. The average molecular weight is 247 g/mol. The molecule has 2 rings (SSSR count). The van der Waals surface area contributed by atoms with Crippen LogP contribution in [-0.2, 0) is 6.54 Å². The first-order valence-corrected chi connectivity index (χ1v) is 7.23. The quantitative estimate of drug-likeness (QED) is 0.811. The summed E-state index contributed by atoms with van der Waals surface area (Å²) in [7, 11) is 0. The Balaban J connectivity index is 2.01. The highest BCUT2D eigenvalue weighted by atomic mass is 15.2. The summed E-state index contributed by atoms with van der Waals surface area (Å²) in [6, 6.07) is 5.05. The summed E-state index contributed by atoms with van der Waals surface area (Å²) in [6.45, 7) is 7.64. The Hall–Kier alpha value is -1.09. The van der Waals surface area contributed by atoms with Crippen LogP contribution in [0.3, 0.4) is 0 Å². The van der Waals surface area contributed by atoms with Gasteiger partial charge in [0.1, 0.15) is 0 Å². The molecule has 1 fully saturated rings. The molecule has 1 aliphatic heterocycles. The molecule has 100 valence electrons. The summed E-state index contributed by atoms with van der Waals surface area (Å²) >= 11 is 0. The Kier molecular flexibility index (Phi) is 5.00. The predicted octanol–water partition coefficient (Wildman–Crippen LogP) is 2.96. The lowest BCUT2D eigenvalue weighted by atomic mass is 10.0. The van der Waals surface area contributed by atoms with Crippen molar-refractivity contribution >= 4 is 5.69 Å². The normalized spacial score (nSPS) is 20.1. The Morgan fingerprint density at radius 1 is 1.44 bits per heavy atom. The van der Waals surface area contributed by atoms with E-state index in [2.05, 4.69) is 41.2 Å². The van der Waals surface area contributed by atoms with E-state index in [0.29, 0.717) is 6.04 Å². The van der Waals surface area contributed by atoms with Crippen LogP contribution in [0.5, 0.6) is 0 Å². The van der Waals surface area contributed by atoms with Crippen LogP contribution in [0.4, 0.5) is 5.69 Å². The Bertz CT molecular complexity index is 365. The van der Waals surface area contributed by atoms with E-state index in [4.69, 9.17) is 0 Å². The molecule has 0 bridgehead atoms. The number of hydrogen-bond acceptors (Lipinski definition) is 3. The molecular formula is C15H25N3. The number of rotatable bonds is 5. The monoisotopic (exact) mass is 247 g/mol. The molecule has 0 aromatic carbocycles. The maximum absolute atomic E-state index is 4.44. The summed E-state index contributed by atoms with van der Waals surface area (Å²) in [5.74, 6) is 0. The fourth-order valence-corrected chi connectivity index (χ4v) is 2.62. The van der Waals surface area contributed by atoms with Gasteiger partial charge < -0.3 is 10.2 Å². The van der Waals surface area contributed by atoms with Gasteiger partial charge in [0.25, 0.3) is 0 Å². The highest BCUT2D eigenvalue weighted by Crippen LogP contribution is 2.24. The van der Waals surface area contributed by atoms with Gasteiger partial charge in [-0.2, -0.15) is 0 Å². The number of hydrogen-bond donors (Lipinski definition) is 1. The van der Waals surface area contributed by atoms with Crippen molar-refractivity contribution in [1.29, 1.82) is 0 Å².